The number of halogens is 1. The second-order valence-corrected chi connectivity index (χ2v) is 5.29. The van der Waals surface area contributed by atoms with Crippen molar-refractivity contribution < 1.29 is 14.3 Å². The van der Waals surface area contributed by atoms with Gasteiger partial charge in [0.25, 0.3) is 11.5 Å². The molecule has 0 aliphatic carbocycles. The summed E-state index contributed by atoms with van der Waals surface area (Å²) < 4.78 is 5.20. The Morgan fingerprint density at radius 3 is 2.78 bits per heavy atom. The van der Waals surface area contributed by atoms with Crippen molar-refractivity contribution in [3.8, 4) is 11.5 Å². The smallest absolute Gasteiger partial charge is 0.261 e. The van der Waals surface area contributed by atoms with Crippen molar-refractivity contribution in [3.05, 3.63) is 46.4 Å². The van der Waals surface area contributed by atoms with E-state index in [1.807, 2.05) is 0 Å². The molecule has 0 saturated carbocycles. The molecule has 1 fully saturated rings. The van der Waals surface area contributed by atoms with Gasteiger partial charge >= 0.3 is 0 Å². The Morgan fingerprint density at radius 1 is 1.35 bits per heavy atom. The number of β-amino-alcohol motifs (C(OH)–C–C–N with tert-alkyl or cyclic N) is 1. The number of aliphatic hydroxyl groups excluding tert-OH is 1. The van der Waals surface area contributed by atoms with Crippen LogP contribution in [0.3, 0.4) is 0 Å². The van der Waals surface area contributed by atoms with E-state index >= 15 is 0 Å². The number of amides is 1. The molecule has 1 amide bonds. The zero-order chi connectivity index (χ0) is 15.5. The summed E-state index contributed by atoms with van der Waals surface area (Å²) >= 11 is 0. The summed E-state index contributed by atoms with van der Waals surface area (Å²) in [7, 11) is 0. The third kappa shape index (κ3) is 3.82. The van der Waals surface area contributed by atoms with Crippen LogP contribution in [0, 0.1) is 5.92 Å². The molecule has 0 bridgehead atoms. The lowest BCUT2D eigenvalue weighted by Gasteiger charge is -2.13. The Balaban J connectivity index is 0.00000192. The second-order valence-electron chi connectivity index (χ2n) is 5.29. The average molecular weight is 340 g/mol. The first-order valence-corrected chi connectivity index (χ1v) is 7.09. The van der Waals surface area contributed by atoms with Crippen molar-refractivity contribution >= 4 is 18.3 Å². The van der Waals surface area contributed by atoms with Crippen molar-refractivity contribution in [1.29, 1.82) is 0 Å². The number of rotatable bonds is 4. The zero-order valence-corrected chi connectivity index (χ0v) is 13.1. The summed E-state index contributed by atoms with van der Waals surface area (Å²) in [5.41, 5.74) is 0.0780. The summed E-state index contributed by atoms with van der Waals surface area (Å²) in [6.07, 6.45) is 1.04. The lowest BCUT2D eigenvalue weighted by molar-refractivity contribution is 0.0925. The Labute approximate surface area is 138 Å². The first-order chi connectivity index (χ1) is 10.6. The van der Waals surface area contributed by atoms with E-state index in [1.54, 1.807) is 18.2 Å². The minimum atomic E-state index is -0.475. The molecule has 23 heavy (non-hydrogen) atoms. The molecule has 2 aromatic rings. The van der Waals surface area contributed by atoms with Gasteiger partial charge in [-0.1, -0.05) is 0 Å². The Bertz CT molecular complexity index is 714. The van der Waals surface area contributed by atoms with Gasteiger partial charge in [0.15, 0.2) is 0 Å². The predicted octanol–water partition coefficient (Wildman–Crippen LogP) is 0.367. The number of furan rings is 1. The number of carbonyl (C=O) groups excluding carboxylic acids is 1. The van der Waals surface area contributed by atoms with Crippen molar-refractivity contribution in [2.75, 3.05) is 19.6 Å². The molecule has 1 saturated heterocycles. The van der Waals surface area contributed by atoms with Crippen LogP contribution in [0.5, 0.6) is 0 Å². The molecular weight excluding hydrogens is 322 g/mol. The van der Waals surface area contributed by atoms with Crippen LogP contribution < -0.4 is 16.2 Å². The highest BCUT2D eigenvalue weighted by molar-refractivity contribution is 5.94. The van der Waals surface area contributed by atoms with Gasteiger partial charge in [-0.25, -0.2) is 0 Å². The highest BCUT2D eigenvalue weighted by atomic mass is 35.5. The topological polar surface area (TPSA) is 107 Å². The molecule has 1 aliphatic rings. The summed E-state index contributed by atoms with van der Waals surface area (Å²) in [5.74, 6) is 0.0426. The minimum absolute atomic E-state index is 0. The fourth-order valence-electron chi connectivity index (χ4n) is 2.47. The molecule has 2 aromatic heterocycles. The van der Waals surface area contributed by atoms with E-state index in [-0.39, 0.29) is 23.9 Å². The van der Waals surface area contributed by atoms with Crippen molar-refractivity contribution in [2.24, 2.45) is 5.92 Å². The zero-order valence-electron chi connectivity index (χ0n) is 12.2. The molecule has 0 spiro atoms. The third-order valence-corrected chi connectivity index (χ3v) is 3.77. The lowest BCUT2D eigenvalue weighted by atomic mass is 10.1. The van der Waals surface area contributed by atoms with Crippen LogP contribution in [0.15, 0.2) is 39.7 Å². The Hall–Kier alpha value is -2.09. The van der Waals surface area contributed by atoms with Crippen LogP contribution in [-0.2, 0) is 0 Å². The Morgan fingerprint density at radius 2 is 2.17 bits per heavy atom. The fraction of sp³-hybridized carbons (Fsp3) is 0.333. The molecule has 7 nitrogen and oxygen atoms in total. The van der Waals surface area contributed by atoms with Crippen LogP contribution in [0.1, 0.15) is 10.4 Å². The number of hydrogen-bond acceptors (Lipinski definition) is 5. The van der Waals surface area contributed by atoms with E-state index < -0.39 is 17.6 Å². The van der Waals surface area contributed by atoms with Gasteiger partial charge in [0.05, 0.1) is 18.1 Å². The fourth-order valence-corrected chi connectivity index (χ4v) is 2.47. The molecule has 3 heterocycles. The average Bonchev–Trinajstić information content (AvgIpc) is 3.16. The number of aliphatic hydroxyl groups is 1. The van der Waals surface area contributed by atoms with Crippen molar-refractivity contribution in [1.82, 2.24) is 15.6 Å². The van der Waals surface area contributed by atoms with Gasteiger partial charge in [-0.2, -0.15) is 0 Å². The SMILES string of the molecule is Cl.O=C(NCC1CNCC1O)c1ccc(-c2ccco2)[nH]c1=O. The highest BCUT2D eigenvalue weighted by Gasteiger charge is 2.25. The van der Waals surface area contributed by atoms with Crippen LogP contribution >= 0.6 is 12.4 Å². The quantitative estimate of drug-likeness (QED) is 0.643. The number of aromatic nitrogens is 1. The normalized spacial score (nSPS) is 20.0. The number of nitrogens with one attached hydrogen (secondary N) is 3. The molecule has 3 rings (SSSR count). The maximum Gasteiger partial charge on any atom is 0.261 e. The largest absolute Gasteiger partial charge is 0.463 e. The number of hydrogen-bond donors (Lipinski definition) is 4. The van der Waals surface area contributed by atoms with Crippen LogP contribution in [0.2, 0.25) is 0 Å². The number of carbonyl (C=O) groups is 1. The van der Waals surface area contributed by atoms with E-state index in [0.29, 0.717) is 31.1 Å². The molecule has 0 radical (unpaired) electrons. The van der Waals surface area contributed by atoms with Crippen molar-refractivity contribution in [3.63, 3.8) is 0 Å². The van der Waals surface area contributed by atoms with Gasteiger partial charge < -0.3 is 25.1 Å². The lowest BCUT2D eigenvalue weighted by Crippen LogP contribution is -2.36. The van der Waals surface area contributed by atoms with Gasteiger partial charge in [-0.05, 0) is 24.3 Å². The maximum absolute atomic E-state index is 12.1. The molecule has 124 valence electrons. The van der Waals surface area contributed by atoms with Gasteiger partial charge in [-0.3, -0.25) is 9.59 Å². The van der Waals surface area contributed by atoms with Crippen LogP contribution in [0.4, 0.5) is 0 Å². The minimum Gasteiger partial charge on any atom is -0.463 e. The van der Waals surface area contributed by atoms with Crippen molar-refractivity contribution in [2.45, 2.75) is 6.10 Å². The molecule has 0 aromatic carbocycles. The molecule has 1 aliphatic heterocycles. The second kappa shape index (κ2) is 7.45. The van der Waals surface area contributed by atoms with Crippen LogP contribution in [0.25, 0.3) is 11.5 Å². The Kier molecular flexibility index (Phi) is 5.59. The van der Waals surface area contributed by atoms with E-state index in [4.69, 9.17) is 4.42 Å². The van der Waals surface area contributed by atoms with E-state index in [9.17, 15) is 14.7 Å². The van der Waals surface area contributed by atoms with Gasteiger partial charge in [0.2, 0.25) is 0 Å². The number of H-pyrrole nitrogens is 1. The standard InChI is InChI=1S/C15H17N3O4.ClH/c19-12-8-16-6-9(12)7-17-14(20)10-3-4-11(18-15(10)21)13-2-1-5-22-13;/h1-5,9,12,16,19H,6-8H2,(H,17,20)(H,18,21);1H. The molecule has 2 atom stereocenters. The van der Waals surface area contributed by atoms with Gasteiger partial charge in [-0.15, -0.1) is 12.4 Å². The predicted molar refractivity (Wildman–Crippen MR) is 86.7 cm³/mol. The molecule has 8 heteroatoms. The molecule has 2 unspecified atom stereocenters. The van der Waals surface area contributed by atoms with Gasteiger partial charge in [0, 0.05) is 25.6 Å². The first-order valence-electron chi connectivity index (χ1n) is 7.09. The number of pyridine rings is 1. The first kappa shape index (κ1) is 17.3. The number of aromatic amines is 1. The summed E-state index contributed by atoms with van der Waals surface area (Å²) in [5, 5.41) is 15.4. The highest BCUT2D eigenvalue weighted by Crippen LogP contribution is 2.15. The summed E-state index contributed by atoms with van der Waals surface area (Å²) in [6.45, 7) is 1.50. The molecular formula is C15H18ClN3O4. The van der Waals surface area contributed by atoms with E-state index in [2.05, 4.69) is 15.6 Å². The molecule has 4 N–H and O–H groups in total. The van der Waals surface area contributed by atoms with E-state index in [0.717, 1.165) is 0 Å². The van der Waals surface area contributed by atoms with Gasteiger partial charge in [0.1, 0.15) is 11.3 Å². The van der Waals surface area contributed by atoms with E-state index in [1.165, 1.54) is 12.3 Å². The summed E-state index contributed by atoms with van der Waals surface area (Å²) in [6, 6.07) is 6.53. The summed E-state index contributed by atoms with van der Waals surface area (Å²) in [4.78, 5) is 26.7. The third-order valence-electron chi connectivity index (χ3n) is 3.77. The maximum atomic E-state index is 12.1. The monoisotopic (exact) mass is 339 g/mol. The van der Waals surface area contributed by atoms with Crippen LogP contribution in [-0.4, -0.2) is 41.7 Å².